The Morgan fingerprint density at radius 1 is 1.05 bits per heavy atom. The van der Waals surface area contributed by atoms with Crippen LogP contribution in [-0.4, -0.2) is 11.9 Å². The summed E-state index contributed by atoms with van der Waals surface area (Å²) in [6, 6.07) is 8.82. The Balaban J connectivity index is 1.33. The summed E-state index contributed by atoms with van der Waals surface area (Å²) < 4.78 is 0. The van der Waals surface area contributed by atoms with Crippen LogP contribution in [0.1, 0.15) is 104 Å². The number of aliphatic imine (C=N–C) groups is 1. The third kappa shape index (κ3) is 5.64. The van der Waals surface area contributed by atoms with Crippen LogP contribution in [0.4, 0.5) is 0 Å². The van der Waals surface area contributed by atoms with E-state index in [-0.39, 0.29) is 0 Å². The molecule has 5 rings (SSSR count). The molecule has 2 unspecified atom stereocenters. The normalized spacial score (nSPS) is 30.1. The molecule has 0 bridgehead atoms. The smallest absolute Gasteiger partial charge is 0.0664 e. The summed E-state index contributed by atoms with van der Waals surface area (Å²) in [5.41, 5.74) is 7.54. The van der Waals surface area contributed by atoms with E-state index in [0.717, 1.165) is 47.4 Å². The van der Waals surface area contributed by atoms with E-state index in [1.54, 1.807) is 6.21 Å². The highest BCUT2D eigenvalue weighted by Crippen LogP contribution is 2.51. The number of allylic oxidation sites excluding steroid dienone is 5. The Hall–Kier alpha value is -2.22. The van der Waals surface area contributed by atoms with Gasteiger partial charge in [0, 0.05) is 29.3 Å². The molecule has 3 aliphatic carbocycles. The molecule has 0 radical (unpaired) electrons. The molecule has 0 saturated heterocycles. The van der Waals surface area contributed by atoms with Crippen LogP contribution in [0.15, 0.2) is 53.2 Å². The Kier molecular flexibility index (Phi) is 7.75. The van der Waals surface area contributed by atoms with Gasteiger partial charge in [-0.1, -0.05) is 64.1 Å². The van der Waals surface area contributed by atoms with Crippen molar-refractivity contribution < 1.29 is 0 Å². The minimum Gasteiger partial charge on any atom is -0.308 e. The van der Waals surface area contributed by atoms with E-state index in [1.807, 2.05) is 0 Å². The van der Waals surface area contributed by atoms with E-state index in [2.05, 4.69) is 77.1 Å². The van der Waals surface area contributed by atoms with E-state index in [0.29, 0.717) is 23.2 Å². The summed E-state index contributed by atoms with van der Waals surface area (Å²) in [6.45, 7) is 11.7. The number of nitrogens with one attached hydrogen (secondary N) is 1. The molecule has 1 N–H and O–H groups in total. The maximum absolute atomic E-state index is 8.17. The average Bonchev–Trinajstić information content (AvgIpc) is 3.68. The summed E-state index contributed by atoms with van der Waals surface area (Å²) in [5.74, 6) is 4.63. The van der Waals surface area contributed by atoms with Gasteiger partial charge in [0.15, 0.2) is 0 Å². The Morgan fingerprint density at radius 3 is 2.35 bits per heavy atom. The minimum atomic E-state index is 0.317. The van der Waals surface area contributed by atoms with Crippen LogP contribution < -0.4 is 0 Å². The fourth-order valence-electron chi connectivity index (χ4n) is 8.08. The van der Waals surface area contributed by atoms with Crippen LogP contribution in [-0.2, 0) is 0 Å². The largest absolute Gasteiger partial charge is 0.308 e. The first-order chi connectivity index (χ1) is 17.8. The zero-order valence-electron chi connectivity index (χ0n) is 23.9. The molecule has 3 fully saturated rings. The molecule has 0 spiro atoms. The monoisotopic (exact) mass is 496 g/mol. The highest BCUT2D eigenvalue weighted by molar-refractivity contribution is 6.08. The van der Waals surface area contributed by atoms with Crippen LogP contribution in [0, 0.1) is 46.3 Å². The topological polar surface area (TPSA) is 36.2 Å². The van der Waals surface area contributed by atoms with Gasteiger partial charge in [0.1, 0.15) is 0 Å². The van der Waals surface area contributed by atoms with Crippen molar-refractivity contribution in [3.05, 3.63) is 59.3 Å². The van der Waals surface area contributed by atoms with E-state index in [9.17, 15) is 0 Å². The van der Waals surface area contributed by atoms with Crippen molar-refractivity contribution >= 4 is 23.1 Å². The molecule has 0 amide bonds. The third-order valence-corrected chi connectivity index (χ3v) is 9.94. The van der Waals surface area contributed by atoms with Crippen LogP contribution in [0.5, 0.6) is 0 Å². The molecule has 2 nitrogen and oxygen atoms in total. The highest BCUT2D eigenvalue weighted by Gasteiger charge is 2.47. The standard InChI is InChI=1S/C35H48N2/c1-6-31(32-19-18-29-21-35(4,5)33(23(2)3)34(29)37-32)28-9-7-8-27(20-28)30(22-36)15-12-24-10-13-25(14-11-24)26-16-17-26/h6-9,15,19-20,22-26,29,33,36H,10-14,16-18,21H2,1-5H3/b30-15+,31-6+,36-22?. The maximum Gasteiger partial charge on any atom is 0.0664 e. The number of hydrogen-bond acceptors (Lipinski definition) is 2. The molecule has 2 atom stereocenters. The maximum atomic E-state index is 8.17. The predicted molar refractivity (Wildman–Crippen MR) is 160 cm³/mol. The van der Waals surface area contributed by atoms with Gasteiger partial charge in [0.05, 0.1) is 5.70 Å². The van der Waals surface area contributed by atoms with Crippen molar-refractivity contribution in [3.8, 4) is 0 Å². The number of benzene rings is 1. The zero-order chi connectivity index (χ0) is 26.2. The summed E-state index contributed by atoms with van der Waals surface area (Å²) in [6.07, 6.45) is 20.5. The lowest BCUT2D eigenvalue weighted by atomic mass is 9.75. The first-order valence-electron chi connectivity index (χ1n) is 15.1. The summed E-state index contributed by atoms with van der Waals surface area (Å²) in [7, 11) is 0. The van der Waals surface area contributed by atoms with Gasteiger partial charge in [-0.25, -0.2) is 0 Å². The molecule has 0 aromatic heterocycles. The van der Waals surface area contributed by atoms with Crippen molar-refractivity contribution in [1.82, 2.24) is 0 Å². The van der Waals surface area contributed by atoms with Gasteiger partial charge < -0.3 is 5.41 Å². The molecule has 4 aliphatic rings. The Bertz CT molecular complexity index is 1120. The fourth-order valence-corrected chi connectivity index (χ4v) is 8.08. The lowest BCUT2D eigenvalue weighted by Gasteiger charge is -2.30. The Morgan fingerprint density at radius 2 is 1.73 bits per heavy atom. The molecule has 3 saturated carbocycles. The van der Waals surface area contributed by atoms with E-state index in [1.165, 1.54) is 61.8 Å². The minimum absolute atomic E-state index is 0.317. The molecule has 198 valence electrons. The number of rotatable bonds is 8. The predicted octanol–water partition coefficient (Wildman–Crippen LogP) is 9.78. The second-order valence-corrected chi connectivity index (χ2v) is 13.4. The van der Waals surface area contributed by atoms with Crippen molar-refractivity contribution in [2.75, 3.05) is 0 Å². The Labute approximate surface area is 226 Å². The van der Waals surface area contributed by atoms with Crippen LogP contribution in [0.2, 0.25) is 0 Å². The fraction of sp³-hybridized carbons (Fsp3) is 0.600. The highest BCUT2D eigenvalue weighted by atomic mass is 14.8. The van der Waals surface area contributed by atoms with Crippen molar-refractivity contribution in [1.29, 1.82) is 5.41 Å². The van der Waals surface area contributed by atoms with E-state index >= 15 is 0 Å². The van der Waals surface area contributed by atoms with E-state index in [4.69, 9.17) is 10.4 Å². The van der Waals surface area contributed by atoms with Gasteiger partial charge in [-0.3, -0.25) is 4.99 Å². The van der Waals surface area contributed by atoms with Gasteiger partial charge in [-0.15, -0.1) is 0 Å². The van der Waals surface area contributed by atoms with Crippen molar-refractivity contribution in [2.24, 2.45) is 45.9 Å². The van der Waals surface area contributed by atoms with Gasteiger partial charge in [-0.05, 0) is 117 Å². The van der Waals surface area contributed by atoms with Gasteiger partial charge in [0.2, 0.25) is 0 Å². The number of fused-ring (bicyclic) bond motifs is 1. The first kappa shape index (κ1) is 26.4. The second kappa shape index (κ2) is 10.9. The van der Waals surface area contributed by atoms with Crippen molar-refractivity contribution in [2.45, 2.75) is 92.4 Å². The first-order valence-corrected chi connectivity index (χ1v) is 15.1. The zero-order valence-corrected chi connectivity index (χ0v) is 23.9. The van der Waals surface area contributed by atoms with Crippen LogP contribution >= 0.6 is 0 Å². The third-order valence-electron chi connectivity index (χ3n) is 9.94. The molecular weight excluding hydrogens is 448 g/mol. The molecule has 1 aromatic carbocycles. The van der Waals surface area contributed by atoms with Crippen LogP contribution in [0.25, 0.3) is 11.1 Å². The molecule has 1 heterocycles. The molecular formula is C35H48N2. The van der Waals surface area contributed by atoms with Gasteiger partial charge in [-0.2, -0.15) is 0 Å². The molecule has 37 heavy (non-hydrogen) atoms. The summed E-state index contributed by atoms with van der Waals surface area (Å²) in [5, 5.41) is 8.17. The van der Waals surface area contributed by atoms with Crippen molar-refractivity contribution in [3.63, 3.8) is 0 Å². The number of hydrogen-bond donors (Lipinski definition) is 1. The molecule has 2 heteroatoms. The lowest BCUT2D eigenvalue weighted by Crippen LogP contribution is -2.28. The van der Waals surface area contributed by atoms with E-state index < -0.39 is 0 Å². The summed E-state index contributed by atoms with van der Waals surface area (Å²) >= 11 is 0. The SMILES string of the molecule is C/C=C(/C1=CCC2CC(C)(C)C(C(C)C)C2=N1)c1cccc(/C(C=N)=C/CC2CCC(C3CC3)CC2)c1. The molecule has 1 aromatic rings. The number of nitrogens with zero attached hydrogens (tertiary/aromatic N) is 1. The second-order valence-electron chi connectivity index (χ2n) is 13.4. The van der Waals surface area contributed by atoms with Crippen LogP contribution in [0.3, 0.4) is 0 Å². The van der Waals surface area contributed by atoms with Gasteiger partial charge in [0.25, 0.3) is 0 Å². The lowest BCUT2D eigenvalue weighted by molar-refractivity contribution is 0.232. The quantitative estimate of drug-likeness (QED) is 0.348. The summed E-state index contributed by atoms with van der Waals surface area (Å²) in [4.78, 5) is 5.35. The molecule has 1 aliphatic heterocycles. The van der Waals surface area contributed by atoms with Gasteiger partial charge >= 0.3 is 0 Å². The average molecular weight is 497 g/mol.